The van der Waals surface area contributed by atoms with Gasteiger partial charge in [0.05, 0.1) is 36.8 Å². The van der Waals surface area contributed by atoms with Crippen LogP contribution in [0.1, 0.15) is 71.6 Å². The largest absolute Gasteiger partial charge is 0.512 e. The first-order valence-electron chi connectivity index (χ1n) is 15.2. The minimum absolute atomic E-state index is 0.0224. The molecule has 0 spiro atoms. The van der Waals surface area contributed by atoms with E-state index in [2.05, 4.69) is 11.8 Å². The van der Waals surface area contributed by atoms with Gasteiger partial charge in [-0.15, -0.1) is 0 Å². The molecular formula is C30H51NO9. The Balaban J connectivity index is 1.55. The molecule has 4 rings (SSSR count). The number of carbonyl (C=O) groups is 1. The highest BCUT2D eigenvalue weighted by Crippen LogP contribution is 2.58. The Bertz CT molecular complexity index is 925. The highest BCUT2D eigenvalue weighted by Gasteiger charge is 2.65. The summed E-state index contributed by atoms with van der Waals surface area (Å²) in [6, 6.07) is 0.0413. The molecule has 13 unspecified atom stereocenters. The second-order valence-corrected chi connectivity index (χ2v) is 13.2. The molecule has 0 aromatic rings. The van der Waals surface area contributed by atoms with Gasteiger partial charge in [0.2, 0.25) is 0 Å². The van der Waals surface area contributed by atoms with Crippen LogP contribution in [-0.4, -0.2) is 109 Å². The number of esters is 1. The third-order valence-electron chi connectivity index (χ3n) is 10.7. The van der Waals surface area contributed by atoms with Crippen LogP contribution in [0.4, 0.5) is 0 Å². The molecule has 0 saturated heterocycles. The summed E-state index contributed by atoms with van der Waals surface area (Å²) in [5.74, 6) is -2.98. The average molecular weight is 570 g/mol. The standard InChI is InChI=1S/C30H51NO9/c1-5-6-7-10-40-22(34)9-8-16-13-20(31(3)4)19-12-17-11-18-14-21(33)23(15(2)32)28(37)30(18,39)29(38)24(17)27(36)25(19)26(16)35/h15-20,24-29,32-33,35-39H,5-14H2,1-4H3. The lowest BCUT2D eigenvalue weighted by atomic mass is 9.48. The summed E-state index contributed by atoms with van der Waals surface area (Å²) in [5.41, 5.74) is -2.15. The third-order valence-corrected chi connectivity index (χ3v) is 10.7. The van der Waals surface area contributed by atoms with Crippen LogP contribution < -0.4 is 0 Å². The first-order valence-corrected chi connectivity index (χ1v) is 15.2. The van der Waals surface area contributed by atoms with Gasteiger partial charge in [0, 0.05) is 42.2 Å². The topological polar surface area (TPSA) is 171 Å². The Hall–Kier alpha value is -1.27. The number of allylic oxidation sites excluding steroid dienone is 1. The number of carbonyl (C=O) groups excluding carboxylic acids is 1. The van der Waals surface area contributed by atoms with Crippen molar-refractivity contribution >= 4 is 5.97 Å². The quantitative estimate of drug-likeness (QED) is 0.158. The van der Waals surface area contributed by atoms with Crippen molar-refractivity contribution in [3.05, 3.63) is 11.3 Å². The van der Waals surface area contributed by atoms with Gasteiger partial charge in [-0.25, -0.2) is 0 Å². The zero-order chi connectivity index (χ0) is 29.5. The number of hydrogen-bond acceptors (Lipinski definition) is 10. The number of fused-ring (bicyclic) bond motifs is 3. The van der Waals surface area contributed by atoms with Crippen molar-refractivity contribution in [1.82, 2.24) is 4.90 Å². The number of aliphatic hydroxyl groups excluding tert-OH is 6. The number of hydrogen-bond donors (Lipinski definition) is 7. The fourth-order valence-electron chi connectivity index (χ4n) is 8.72. The van der Waals surface area contributed by atoms with Gasteiger partial charge >= 0.3 is 5.97 Å². The maximum atomic E-state index is 12.4. The predicted molar refractivity (Wildman–Crippen MR) is 147 cm³/mol. The summed E-state index contributed by atoms with van der Waals surface area (Å²) in [4.78, 5) is 14.5. The molecule has 0 bridgehead atoms. The SMILES string of the molecule is CCCCCOC(=O)CCC1CC(N(C)C)C2CC3CC4CC(O)=C(C(C)O)C(O)C4(O)C(O)C3C(O)C2C1O. The van der Waals surface area contributed by atoms with E-state index < -0.39 is 53.9 Å². The zero-order valence-corrected chi connectivity index (χ0v) is 24.4. The van der Waals surface area contributed by atoms with E-state index >= 15 is 0 Å². The zero-order valence-electron chi connectivity index (χ0n) is 24.4. The molecule has 3 saturated carbocycles. The van der Waals surface area contributed by atoms with Crippen LogP contribution in [0.15, 0.2) is 11.3 Å². The monoisotopic (exact) mass is 569 g/mol. The van der Waals surface area contributed by atoms with Crippen molar-refractivity contribution in [3.8, 4) is 0 Å². The molecule has 0 aliphatic heterocycles. The summed E-state index contributed by atoms with van der Waals surface area (Å²) < 4.78 is 5.36. The average Bonchev–Trinajstić information content (AvgIpc) is 2.87. The number of nitrogens with zero attached hydrogens (tertiary/aromatic N) is 1. The minimum Gasteiger partial charge on any atom is -0.512 e. The summed E-state index contributed by atoms with van der Waals surface area (Å²) >= 11 is 0. The summed E-state index contributed by atoms with van der Waals surface area (Å²) in [6.07, 6.45) is -1.31. The fourth-order valence-corrected chi connectivity index (χ4v) is 8.72. The van der Waals surface area contributed by atoms with Gasteiger partial charge in [0.25, 0.3) is 0 Å². The van der Waals surface area contributed by atoms with Crippen molar-refractivity contribution in [2.24, 2.45) is 35.5 Å². The molecule has 7 N–H and O–H groups in total. The van der Waals surface area contributed by atoms with Crippen molar-refractivity contribution in [2.45, 2.75) is 114 Å². The van der Waals surface area contributed by atoms with Crippen molar-refractivity contribution in [1.29, 1.82) is 0 Å². The molecule has 10 heteroatoms. The van der Waals surface area contributed by atoms with Gasteiger partial charge in [-0.2, -0.15) is 0 Å². The lowest BCUT2D eigenvalue weighted by Crippen LogP contribution is -2.71. The summed E-state index contributed by atoms with van der Waals surface area (Å²) in [5, 5.41) is 78.5. The normalized spacial score (nSPS) is 44.0. The van der Waals surface area contributed by atoms with E-state index in [1.165, 1.54) is 6.92 Å². The number of ether oxygens (including phenoxy) is 1. The molecule has 4 aliphatic carbocycles. The van der Waals surface area contributed by atoms with Crippen LogP contribution in [0.2, 0.25) is 0 Å². The first-order chi connectivity index (χ1) is 18.8. The second kappa shape index (κ2) is 12.5. The number of unbranched alkanes of at least 4 members (excludes halogenated alkanes) is 2. The van der Waals surface area contributed by atoms with Gasteiger partial charge in [-0.05, 0) is 70.9 Å². The van der Waals surface area contributed by atoms with E-state index in [4.69, 9.17) is 4.74 Å². The molecule has 4 aliphatic rings. The Morgan fingerprint density at radius 3 is 2.40 bits per heavy atom. The molecule has 0 aromatic carbocycles. The minimum atomic E-state index is -2.05. The van der Waals surface area contributed by atoms with Crippen molar-refractivity contribution < 1.29 is 45.3 Å². The van der Waals surface area contributed by atoms with Crippen LogP contribution >= 0.6 is 0 Å². The third kappa shape index (κ3) is 5.57. The Kier molecular flexibility index (Phi) is 9.92. The van der Waals surface area contributed by atoms with E-state index in [-0.39, 0.29) is 53.9 Å². The first kappa shape index (κ1) is 31.7. The van der Waals surface area contributed by atoms with Crippen LogP contribution in [0.5, 0.6) is 0 Å². The van der Waals surface area contributed by atoms with Crippen LogP contribution in [0, 0.1) is 35.5 Å². The highest BCUT2D eigenvalue weighted by atomic mass is 16.5. The van der Waals surface area contributed by atoms with Crippen LogP contribution in [0.25, 0.3) is 0 Å². The van der Waals surface area contributed by atoms with Crippen molar-refractivity contribution in [2.75, 3.05) is 20.7 Å². The molecule has 230 valence electrons. The molecule has 0 heterocycles. The highest BCUT2D eigenvalue weighted by molar-refractivity contribution is 5.69. The number of rotatable bonds is 9. The smallest absolute Gasteiger partial charge is 0.305 e. The lowest BCUT2D eigenvalue weighted by Gasteiger charge is -2.62. The molecule has 40 heavy (non-hydrogen) atoms. The van der Waals surface area contributed by atoms with Crippen molar-refractivity contribution in [3.63, 3.8) is 0 Å². The summed E-state index contributed by atoms with van der Waals surface area (Å²) in [6.45, 7) is 3.86. The van der Waals surface area contributed by atoms with Gasteiger partial charge in [-0.3, -0.25) is 4.79 Å². The Morgan fingerprint density at radius 1 is 1.07 bits per heavy atom. The molecule has 0 amide bonds. The van der Waals surface area contributed by atoms with E-state index in [9.17, 15) is 40.5 Å². The van der Waals surface area contributed by atoms with Gasteiger partial charge in [0.1, 0.15) is 11.7 Å². The molecule has 0 radical (unpaired) electrons. The molecule has 10 nitrogen and oxygen atoms in total. The van der Waals surface area contributed by atoms with Crippen LogP contribution in [0.3, 0.4) is 0 Å². The van der Waals surface area contributed by atoms with E-state index in [1.807, 2.05) is 14.1 Å². The maximum absolute atomic E-state index is 12.4. The van der Waals surface area contributed by atoms with E-state index in [0.717, 1.165) is 19.3 Å². The molecule has 13 atom stereocenters. The lowest BCUT2D eigenvalue weighted by molar-refractivity contribution is -0.263. The molecule has 3 fully saturated rings. The maximum Gasteiger partial charge on any atom is 0.305 e. The predicted octanol–water partition coefficient (Wildman–Crippen LogP) is 1.11. The van der Waals surface area contributed by atoms with Gasteiger partial charge in [-0.1, -0.05) is 19.8 Å². The number of aliphatic hydroxyl groups is 7. The molecule has 0 aromatic heterocycles. The Morgan fingerprint density at radius 2 is 1.77 bits per heavy atom. The van der Waals surface area contributed by atoms with Crippen LogP contribution in [-0.2, 0) is 9.53 Å². The fraction of sp³-hybridized carbons (Fsp3) is 0.900. The van der Waals surface area contributed by atoms with E-state index in [0.29, 0.717) is 32.3 Å². The molecular weight excluding hydrogens is 518 g/mol. The Labute approximate surface area is 237 Å². The van der Waals surface area contributed by atoms with E-state index in [1.54, 1.807) is 0 Å². The van der Waals surface area contributed by atoms with Gasteiger partial charge < -0.3 is 45.4 Å². The van der Waals surface area contributed by atoms with Gasteiger partial charge in [0.15, 0.2) is 0 Å². The summed E-state index contributed by atoms with van der Waals surface area (Å²) in [7, 11) is 3.95. The second-order valence-electron chi connectivity index (χ2n) is 13.2.